The Bertz CT molecular complexity index is 466. The Morgan fingerprint density at radius 1 is 1.35 bits per heavy atom. The topological polar surface area (TPSA) is 61.5 Å². The molecule has 0 aromatic heterocycles. The Kier molecular flexibility index (Phi) is 6.81. The molecular weight excluding hydrogens is 299 g/mol. The van der Waals surface area contributed by atoms with Gasteiger partial charge in [-0.25, -0.2) is 0 Å². The molecule has 2 N–H and O–H groups in total. The van der Waals surface area contributed by atoms with E-state index in [1.54, 1.807) is 0 Å². The van der Waals surface area contributed by atoms with Crippen LogP contribution in [0, 0.1) is 0 Å². The standard InChI is InChI=1S/C12H14F3NO3.ClH/c1-18-10-5-7(12(13,14)15)3-4-8(10)9(16)6-11(17)19-2;/h3-5,9H,6,16H2,1-2H3;1H/t9-;/m1./s1. The van der Waals surface area contributed by atoms with Crippen molar-refractivity contribution in [1.29, 1.82) is 0 Å². The van der Waals surface area contributed by atoms with Crippen LogP contribution >= 0.6 is 12.4 Å². The van der Waals surface area contributed by atoms with Gasteiger partial charge in [-0.3, -0.25) is 4.79 Å². The van der Waals surface area contributed by atoms with E-state index in [0.29, 0.717) is 5.56 Å². The van der Waals surface area contributed by atoms with Crippen molar-refractivity contribution in [2.45, 2.75) is 18.6 Å². The van der Waals surface area contributed by atoms with Crippen LogP contribution in [0.2, 0.25) is 0 Å². The monoisotopic (exact) mass is 313 g/mol. The second-order valence-electron chi connectivity index (χ2n) is 3.84. The summed E-state index contributed by atoms with van der Waals surface area (Å²) in [5.74, 6) is -0.555. The van der Waals surface area contributed by atoms with Gasteiger partial charge in [0.05, 0.1) is 26.2 Å². The van der Waals surface area contributed by atoms with Gasteiger partial charge in [-0.05, 0) is 12.1 Å². The number of alkyl halides is 3. The van der Waals surface area contributed by atoms with E-state index in [1.807, 2.05) is 0 Å². The number of benzene rings is 1. The molecule has 0 heterocycles. The van der Waals surface area contributed by atoms with E-state index in [0.717, 1.165) is 12.1 Å². The third-order valence-electron chi connectivity index (χ3n) is 2.57. The second-order valence-corrected chi connectivity index (χ2v) is 3.84. The third-order valence-corrected chi connectivity index (χ3v) is 2.57. The molecule has 0 unspecified atom stereocenters. The third kappa shape index (κ3) is 4.57. The Hall–Kier alpha value is -1.47. The summed E-state index contributed by atoms with van der Waals surface area (Å²) >= 11 is 0. The molecule has 0 bridgehead atoms. The van der Waals surface area contributed by atoms with Gasteiger partial charge in [0, 0.05) is 11.6 Å². The maximum absolute atomic E-state index is 12.5. The van der Waals surface area contributed by atoms with E-state index in [4.69, 9.17) is 10.5 Å². The summed E-state index contributed by atoms with van der Waals surface area (Å²) in [4.78, 5) is 11.1. The largest absolute Gasteiger partial charge is 0.496 e. The highest BCUT2D eigenvalue weighted by Crippen LogP contribution is 2.35. The van der Waals surface area contributed by atoms with E-state index in [-0.39, 0.29) is 24.6 Å². The summed E-state index contributed by atoms with van der Waals surface area (Å²) in [6.07, 6.45) is -4.60. The van der Waals surface area contributed by atoms with Crippen molar-refractivity contribution in [1.82, 2.24) is 0 Å². The molecule has 1 rings (SSSR count). The lowest BCUT2D eigenvalue weighted by Crippen LogP contribution is -2.17. The molecule has 8 heteroatoms. The lowest BCUT2D eigenvalue weighted by molar-refractivity contribution is -0.141. The second kappa shape index (κ2) is 7.35. The first kappa shape index (κ1) is 18.5. The molecule has 1 atom stereocenters. The molecule has 1 aromatic rings. The minimum atomic E-state index is -4.46. The maximum Gasteiger partial charge on any atom is 0.416 e. The zero-order valence-corrected chi connectivity index (χ0v) is 11.7. The van der Waals surface area contributed by atoms with Crippen LogP contribution in [0.15, 0.2) is 18.2 Å². The highest BCUT2D eigenvalue weighted by molar-refractivity contribution is 5.85. The summed E-state index contributed by atoms with van der Waals surface area (Å²) in [6, 6.07) is 2.17. The number of rotatable bonds is 4. The van der Waals surface area contributed by atoms with Crippen LogP contribution in [-0.2, 0) is 15.7 Å². The van der Waals surface area contributed by atoms with Gasteiger partial charge in [0.25, 0.3) is 0 Å². The summed E-state index contributed by atoms with van der Waals surface area (Å²) in [6.45, 7) is 0. The molecule has 20 heavy (non-hydrogen) atoms. The number of nitrogens with two attached hydrogens (primary N) is 1. The van der Waals surface area contributed by atoms with E-state index in [2.05, 4.69) is 4.74 Å². The normalized spacial score (nSPS) is 12.3. The van der Waals surface area contributed by atoms with Crippen molar-refractivity contribution in [3.05, 3.63) is 29.3 Å². The van der Waals surface area contributed by atoms with Crippen molar-refractivity contribution in [3.63, 3.8) is 0 Å². The zero-order valence-electron chi connectivity index (χ0n) is 10.9. The highest BCUT2D eigenvalue weighted by atomic mass is 35.5. The summed E-state index contributed by atoms with van der Waals surface area (Å²) in [5.41, 5.74) is 5.23. The SMILES string of the molecule is COC(=O)C[C@@H](N)c1ccc(C(F)(F)F)cc1OC.Cl. The molecule has 0 saturated carbocycles. The first-order valence-electron chi connectivity index (χ1n) is 5.37. The van der Waals surface area contributed by atoms with Crippen LogP contribution in [0.1, 0.15) is 23.6 Å². The molecule has 0 fully saturated rings. The van der Waals surface area contributed by atoms with Crippen LogP contribution < -0.4 is 10.5 Å². The van der Waals surface area contributed by atoms with Gasteiger partial charge in [-0.1, -0.05) is 6.07 Å². The molecule has 4 nitrogen and oxygen atoms in total. The summed E-state index contributed by atoms with van der Waals surface area (Å²) < 4.78 is 47.0. The Morgan fingerprint density at radius 3 is 2.40 bits per heavy atom. The molecule has 0 aliphatic carbocycles. The van der Waals surface area contributed by atoms with E-state index in [1.165, 1.54) is 20.3 Å². The molecule has 1 aromatic carbocycles. The lowest BCUT2D eigenvalue weighted by Gasteiger charge is -2.16. The van der Waals surface area contributed by atoms with Crippen LogP contribution in [-0.4, -0.2) is 20.2 Å². The number of carbonyl (C=O) groups excluding carboxylic acids is 1. The average molecular weight is 314 g/mol. The van der Waals surface area contributed by atoms with Gasteiger partial charge in [0.15, 0.2) is 0 Å². The zero-order chi connectivity index (χ0) is 14.6. The highest BCUT2D eigenvalue weighted by Gasteiger charge is 2.31. The average Bonchev–Trinajstić information content (AvgIpc) is 2.36. The van der Waals surface area contributed by atoms with Crippen molar-refractivity contribution in [3.8, 4) is 5.75 Å². The number of halogens is 4. The van der Waals surface area contributed by atoms with E-state index in [9.17, 15) is 18.0 Å². The van der Waals surface area contributed by atoms with Gasteiger partial charge in [0.1, 0.15) is 5.75 Å². The van der Waals surface area contributed by atoms with Crippen molar-refractivity contribution < 1.29 is 27.4 Å². The Labute approximate surface area is 120 Å². The van der Waals surface area contributed by atoms with Crippen LogP contribution in [0.3, 0.4) is 0 Å². The van der Waals surface area contributed by atoms with Crippen LogP contribution in [0.5, 0.6) is 5.75 Å². The van der Waals surface area contributed by atoms with Gasteiger partial charge in [-0.15, -0.1) is 12.4 Å². The van der Waals surface area contributed by atoms with E-state index < -0.39 is 23.8 Å². The predicted molar refractivity (Wildman–Crippen MR) is 68.8 cm³/mol. The van der Waals surface area contributed by atoms with Crippen LogP contribution in [0.25, 0.3) is 0 Å². The molecule has 0 saturated heterocycles. The van der Waals surface area contributed by atoms with Crippen molar-refractivity contribution in [2.24, 2.45) is 5.73 Å². The van der Waals surface area contributed by atoms with Crippen molar-refractivity contribution >= 4 is 18.4 Å². The first-order chi connectivity index (χ1) is 8.79. The fourth-order valence-electron chi connectivity index (χ4n) is 1.57. The number of carbonyl (C=O) groups is 1. The molecule has 114 valence electrons. The molecule has 0 radical (unpaired) electrons. The Morgan fingerprint density at radius 2 is 1.95 bits per heavy atom. The molecular formula is C12H15ClF3NO3. The summed E-state index contributed by atoms with van der Waals surface area (Å²) in [7, 11) is 2.45. The number of hydrogen-bond acceptors (Lipinski definition) is 4. The van der Waals surface area contributed by atoms with Gasteiger partial charge in [-0.2, -0.15) is 13.2 Å². The maximum atomic E-state index is 12.5. The molecule has 0 aliphatic rings. The molecule has 0 aliphatic heterocycles. The van der Waals surface area contributed by atoms with Gasteiger partial charge in [0.2, 0.25) is 0 Å². The quantitative estimate of drug-likeness (QED) is 0.868. The predicted octanol–water partition coefficient (Wildman–Crippen LogP) is 2.70. The Balaban J connectivity index is 0.00000361. The van der Waals surface area contributed by atoms with E-state index >= 15 is 0 Å². The number of methoxy groups -OCH3 is 2. The first-order valence-corrected chi connectivity index (χ1v) is 5.37. The van der Waals surface area contributed by atoms with Gasteiger partial charge >= 0.3 is 12.1 Å². The lowest BCUT2D eigenvalue weighted by atomic mass is 10.0. The number of ether oxygens (including phenoxy) is 2. The van der Waals surface area contributed by atoms with Crippen LogP contribution in [0.4, 0.5) is 13.2 Å². The number of hydrogen-bond donors (Lipinski definition) is 1. The smallest absolute Gasteiger partial charge is 0.416 e. The fraction of sp³-hybridized carbons (Fsp3) is 0.417. The minimum absolute atomic E-state index is 0. The fourth-order valence-corrected chi connectivity index (χ4v) is 1.57. The number of esters is 1. The minimum Gasteiger partial charge on any atom is -0.496 e. The van der Waals surface area contributed by atoms with Crippen molar-refractivity contribution in [2.75, 3.05) is 14.2 Å². The summed E-state index contributed by atoms with van der Waals surface area (Å²) in [5, 5.41) is 0. The van der Waals surface area contributed by atoms with Gasteiger partial charge < -0.3 is 15.2 Å². The molecule has 0 spiro atoms. The molecule has 0 amide bonds.